The van der Waals surface area contributed by atoms with Crippen molar-refractivity contribution in [1.82, 2.24) is 39.3 Å². The van der Waals surface area contributed by atoms with Crippen LogP contribution in [0, 0.1) is 18.7 Å². The molecule has 0 radical (unpaired) electrons. The number of hydrogen-bond donors (Lipinski definition) is 1. The maximum Gasteiger partial charge on any atom is 0.254 e. The lowest BCUT2D eigenvalue weighted by molar-refractivity contribution is -0.119. The third-order valence-electron chi connectivity index (χ3n) is 7.61. The van der Waals surface area contributed by atoms with Crippen LogP contribution < -0.4 is 10.9 Å². The molecule has 0 unspecified atom stereocenters. The fourth-order valence-electron chi connectivity index (χ4n) is 5.33. The van der Waals surface area contributed by atoms with Gasteiger partial charge in [0.2, 0.25) is 5.91 Å². The number of pyridine rings is 1. The monoisotopic (exact) mass is 587 g/mol. The first-order valence-electron chi connectivity index (χ1n) is 13.5. The van der Waals surface area contributed by atoms with Gasteiger partial charge in [0.25, 0.3) is 5.56 Å². The normalized spacial score (nSPS) is 17.2. The van der Waals surface area contributed by atoms with Crippen LogP contribution in [0.25, 0.3) is 28.2 Å². The van der Waals surface area contributed by atoms with Crippen molar-refractivity contribution in [2.24, 2.45) is 13.0 Å². The molecule has 2 bridgehead atoms. The number of aromatic nitrogens is 8. The molecule has 0 spiro atoms. The minimum Gasteiger partial charge on any atom is -0.323 e. The molecule has 214 valence electrons. The second-order valence-electron chi connectivity index (χ2n) is 10.4. The van der Waals surface area contributed by atoms with Gasteiger partial charge in [-0.25, -0.2) is 14.1 Å². The Kier molecular flexibility index (Phi) is 7.15. The number of rotatable bonds is 3. The Labute approximate surface area is 245 Å². The first kappa shape index (κ1) is 27.5. The first-order chi connectivity index (χ1) is 20.2. The fourth-order valence-corrected chi connectivity index (χ4v) is 5.46. The van der Waals surface area contributed by atoms with Gasteiger partial charge in [-0.3, -0.25) is 23.8 Å². The van der Waals surface area contributed by atoms with E-state index in [2.05, 4.69) is 30.7 Å². The minimum atomic E-state index is -0.525. The highest BCUT2D eigenvalue weighted by Crippen LogP contribution is 2.33. The van der Waals surface area contributed by atoms with Crippen molar-refractivity contribution in [3.05, 3.63) is 87.8 Å². The van der Waals surface area contributed by atoms with Gasteiger partial charge >= 0.3 is 0 Å². The molecule has 1 aliphatic rings. The van der Waals surface area contributed by atoms with E-state index in [1.165, 1.54) is 27.8 Å². The molecule has 6 rings (SSSR count). The number of amides is 1. The molecule has 42 heavy (non-hydrogen) atoms. The van der Waals surface area contributed by atoms with E-state index in [0.717, 1.165) is 11.3 Å². The SMILES string of the molecule is Cc1ccc(-n2cc(Cl)nn2)c(-c2cc(=O)n([C@H]3CCC[C@@H](C)C(=O)Nc4cnn(C)c4-c4ccnc3c4)cn2)c1F. The number of halogens is 2. The number of nitrogens with zero attached hydrogens (tertiary/aromatic N) is 8. The molecule has 1 amide bonds. The molecular formula is C29H27ClFN9O2. The summed E-state index contributed by atoms with van der Waals surface area (Å²) in [5.74, 6) is -0.874. The van der Waals surface area contributed by atoms with Gasteiger partial charge in [-0.05, 0) is 43.5 Å². The molecule has 0 fully saturated rings. The number of benzene rings is 1. The number of hydrogen-bond acceptors (Lipinski definition) is 7. The third kappa shape index (κ3) is 4.98. The summed E-state index contributed by atoms with van der Waals surface area (Å²) in [7, 11) is 1.80. The lowest BCUT2D eigenvalue weighted by atomic mass is 9.97. The van der Waals surface area contributed by atoms with E-state index >= 15 is 4.39 Å². The van der Waals surface area contributed by atoms with Crippen molar-refractivity contribution in [2.45, 2.75) is 39.2 Å². The number of carbonyl (C=O) groups excluding carboxylic acids is 1. The van der Waals surface area contributed by atoms with Crippen LogP contribution in [0.2, 0.25) is 5.15 Å². The van der Waals surface area contributed by atoms with Crippen LogP contribution in [0.5, 0.6) is 0 Å². The molecule has 1 aromatic carbocycles. The number of carbonyl (C=O) groups is 1. The fraction of sp³-hybridized carbons (Fsp3) is 0.276. The molecule has 4 aromatic heterocycles. The van der Waals surface area contributed by atoms with Crippen molar-refractivity contribution in [2.75, 3.05) is 5.32 Å². The highest BCUT2D eigenvalue weighted by atomic mass is 35.5. The highest BCUT2D eigenvalue weighted by molar-refractivity contribution is 6.29. The Morgan fingerprint density at radius 1 is 1.12 bits per heavy atom. The number of fused-ring (bicyclic) bond motifs is 4. The second kappa shape index (κ2) is 10.9. The zero-order chi connectivity index (χ0) is 29.5. The molecule has 13 heteroatoms. The van der Waals surface area contributed by atoms with Gasteiger partial charge in [-0.1, -0.05) is 36.2 Å². The van der Waals surface area contributed by atoms with E-state index in [1.54, 1.807) is 43.2 Å². The summed E-state index contributed by atoms with van der Waals surface area (Å²) in [5.41, 5.74) is 3.42. The summed E-state index contributed by atoms with van der Waals surface area (Å²) in [5, 5.41) is 15.2. The molecule has 1 aliphatic heterocycles. The standard InChI is InChI=1S/C29H27ClFN9O2/c1-16-7-8-23(40-14-24(30)36-37-40)26(27(16)31)20-12-25(41)39(15-33-20)22-6-4-5-17(2)29(42)35-21-13-34-38(3)28(21)18-9-10-32-19(22)11-18/h7-15,17,22H,4-6H2,1-3H3,(H,35,42)/t17-,22+/m1/s1. The first-order valence-corrected chi connectivity index (χ1v) is 13.8. The molecule has 11 nitrogen and oxygen atoms in total. The van der Waals surface area contributed by atoms with Gasteiger partial charge in [0, 0.05) is 30.8 Å². The largest absolute Gasteiger partial charge is 0.323 e. The van der Waals surface area contributed by atoms with Gasteiger partial charge in [0.15, 0.2) is 5.15 Å². The van der Waals surface area contributed by atoms with E-state index in [1.807, 2.05) is 19.1 Å². The molecule has 1 N–H and O–H groups in total. The van der Waals surface area contributed by atoms with Crippen LogP contribution in [-0.4, -0.2) is 45.2 Å². The third-order valence-corrected chi connectivity index (χ3v) is 7.78. The number of aryl methyl sites for hydroxylation is 2. The van der Waals surface area contributed by atoms with Crippen molar-refractivity contribution in [3.63, 3.8) is 0 Å². The Morgan fingerprint density at radius 3 is 2.71 bits per heavy atom. The molecular weight excluding hydrogens is 561 g/mol. The second-order valence-corrected chi connectivity index (χ2v) is 10.8. The summed E-state index contributed by atoms with van der Waals surface area (Å²) in [4.78, 5) is 35.8. The predicted molar refractivity (Wildman–Crippen MR) is 155 cm³/mol. The predicted octanol–water partition coefficient (Wildman–Crippen LogP) is 4.74. The summed E-state index contributed by atoms with van der Waals surface area (Å²) in [6, 6.07) is 7.87. The van der Waals surface area contributed by atoms with Crippen LogP contribution in [-0.2, 0) is 11.8 Å². The molecule has 5 heterocycles. The Morgan fingerprint density at radius 2 is 1.95 bits per heavy atom. The summed E-state index contributed by atoms with van der Waals surface area (Å²) >= 11 is 5.96. The van der Waals surface area contributed by atoms with E-state index in [0.29, 0.717) is 41.9 Å². The average molecular weight is 588 g/mol. The van der Waals surface area contributed by atoms with Crippen LogP contribution in [0.1, 0.15) is 43.5 Å². The number of nitrogens with one attached hydrogen (secondary N) is 1. The molecule has 2 atom stereocenters. The molecule has 0 saturated carbocycles. The zero-order valence-corrected chi connectivity index (χ0v) is 23.9. The Bertz CT molecular complexity index is 1880. The quantitative estimate of drug-likeness (QED) is 0.323. The van der Waals surface area contributed by atoms with Gasteiger partial charge in [-0.15, -0.1) is 5.10 Å². The van der Waals surface area contributed by atoms with Gasteiger partial charge < -0.3 is 5.32 Å². The topological polar surface area (TPSA) is 125 Å². The average Bonchev–Trinajstić information content (AvgIpc) is 3.57. The smallest absolute Gasteiger partial charge is 0.254 e. The zero-order valence-electron chi connectivity index (χ0n) is 23.1. The summed E-state index contributed by atoms with van der Waals surface area (Å²) < 4.78 is 20.1. The van der Waals surface area contributed by atoms with Gasteiger partial charge in [-0.2, -0.15) is 5.10 Å². The lowest BCUT2D eigenvalue weighted by Gasteiger charge is -2.22. The Hall–Kier alpha value is -4.71. The van der Waals surface area contributed by atoms with Crippen LogP contribution in [0.4, 0.5) is 10.1 Å². The minimum absolute atomic E-state index is 0.0940. The number of anilines is 1. The van der Waals surface area contributed by atoms with Crippen molar-refractivity contribution in [1.29, 1.82) is 0 Å². The van der Waals surface area contributed by atoms with Crippen LogP contribution in [0.15, 0.2) is 60.0 Å². The maximum absolute atomic E-state index is 15.5. The van der Waals surface area contributed by atoms with E-state index in [-0.39, 0.29) is 33.8 Å². The van der Waals surface area contributed by atoms with Gasteiger partial charge in [0.1, 0.15) is 5.82 Å². The highest BCUT2D eigenvalue weighted by Gasteiger charge is 2.25. The Balaban J connectivity index is 1.46. The maximum atomic E-state index is 15.5. The molecule has 0 aliphatic carbocycles. The van der Waals surface area contributed by atoms with E-state index in [9.17, 15) is 9.59 Å². The molecule has 5 aromatic rings. The molecule has 0 saturated heterocycles. The summed E-state index contributed by atoms with van der Waals surface area (Å²) in [6.45, 7) is 3.51. The van der Waals surface area contributed by atoms with Crippen molar-refractivity contribution in [3.8, 4) is 28.2 Å². The van der Waals surface area contributed by atoms with Crippen LogP contribution >= 0.6 is 11.6 Å². The van der Waals surface area contributed by atoms with E-state index in [4.69, 9.17) is 11.6 Å². The summed E-state index contributed by atoms with van der Waals surface area (Å²) in [6.07, 6.45) is 7.98. The lowest BCUT2D eigenvalue weighted by Crippen LogP contribution is -2.27. The van der Waals surface area contributed by atoms with Crippen molar-refractivity contribution >= 4 is 23.2 Å². The van der Waals surface area contributed by atoms with Crippen LogP contribution in [0.3, 0.4) is 0 Å². The van der Waals surface area contributed by atoms with Crippen molar-refractivity contribution < 1.29 is 9.18 Å². The van der Waals surface area contributed by atoms with E-state index < -0.39 is 11.9 Å². The van der Waals surface area contributed by atoms with Gasteiger partial charge in [0.05, 0.1) is 58.8 Å².